The predicted molar refractivity (Wildman–Crippen MR) is 65.5 cm³/mol. The Bertz CT molecular complexity index is 388. The Morgan fingerprint density at radius 2 is 2.41 bits per heavy atom. The van der Waals surface area contributed by atoms with Crippen molar-refractivity contribution in [2.75, 3.05) is 20.1 Å². The lowest BCUT2D eigenvalue weighted by molar-refractivity contribution is -0.129. The smallest absolute Gasteiger partial charge is 0.245 e. The molecule has 0 spiro atoms. The first kappa shape index (κ1) is 12.1. The van der Waals surface area contributed by atoms with Crippen LogP contribution in [0.2, 0.25) is 0 Å². The number of nitrogens with one attached hydrogen (secondary N) is 1. The molecular weight excluding hydrogens is 216 g/mol. The first-order valence-corrected chi connectivity index (χ1v) is 6.20. The molecule has 5 nitrogen and oxygen atoms in total. The number of carbonyl (C=O) groups is 1. The normalized spacial score (nSPS) is 20.2. The van der Waals surface area contributed by atoms with E-state index in [1.165, 1.54) is 0 Å². The molecule has 2 rings (SSSR count). The molecule has 0 saturated carbocycles. The van der Waals surface area contributed by atoms with Gasteiger partial charge in [-0.05, 0) is 19.4 Å². The SMILES string of the molecule is CCCNCc1cncn1C1CCN(C)C1=O. The molecule has 5 heteroatoms. The molecule has 1 atom stereocenters. The molecule has 0 radical (unpaired) electrons. The van der Waals surface area contributed by atoms with Crippen LogP contribution in [-0.4, -0.2) is 40.5 Å². The fourth-order valence-electron chi connectivity index (χ4n) is 2.20. The largest absolute Gasteiger partial charge is 0.344 e. The molecule has 0 aromatic carbocycles. The first-order valence-electron chi connectivity index (χ1n) is 6.20. The molecule has 1 unspecified atom stereocenters. The van der Waals surface area contributed by atoms with Gasteiger partial charge in [0.1, 0.15) is 6.04 Å². The Kier molecular flexibility index (Phi) is 3.78. The molecular formula is C12H20N4O. The fraction of sp³-hybridized carbons (Fsp3) is 0.667. The van der Waals surface area contributed by atoms with E-state index >= 15 is 0 Å². The second kappa shape index (κ2) is 5.31. The first-order chi connectivity index (χ1) is 8.24. The number of amides is 1. The molecule has 1 aliphatic heterocycles. The van der Waals surface area contributed by atoms with Gasteiger partial charge in [-0.2, -0.15) is 0 Å². The van der Waals surface area contributed by atoms with E-state index in [2.05, 4.69) is 17.2 Å². The van der Waals surface area contributed by atoms with Gasteiger partial charge in [-0.25, -0.2) is 4.98 Å². The number of carbonyl (C=O) groups excluding carboxylic acids is 1. The molecule has 1 aliphatic rings. The zero-order chi connectivity index (χ0) is 12.3. The summed E-state index contributed by atoms with van der Waals surface area (Å²) in [7, 11) is 1.86. The Morgan fingerprint density at radius 3 is 3.06 bits per heavy atom. The monoisotopic (exact) mass is 236 g/mol. The summed E-state index contributed by atoms with van der Waals surface area (Å²) in [5, 5.41) is 3.34. The molecule has 1 saturated heterocycles. The minimum absolute atomic E-state index is 0.0547. The van der Waals surface area contributed by atoms with Gasteiger partial charge in [0.2, 0.25) is 5.91 Å². The third-order valence-electron chi connectivity index (χ3n) is 3.21. The summed E-state index contributed by atoms with van der Waals surface area (Å²) in [6, 6.07) is -0.0547. The summed E-state index contributed by atoms with van der Waals surface area (Å²) >= 11 is 0. The van der Waals surface area contributed by atoms with Crippen LogP contribution >= 0.6 is 0 Å². The van der Waals surface area contributed by atoms with Crippen LogP contribution in [0.1, 0.15) is 31.5 Å². The van der Waals surface area contributed by atoms with E-state index in [0.29, 0.717) is 0 Å². The van der Waals surface area contributed by atoms with Crippen LogP contribution in [0.15, 0.2) is 12.5 Å². The third-order valence-corrected chi connectivity index (χ3v) is 3.21. The highest BCUT2D eigenvalue weighted by Gasteiger charge is 2.31. The molecule has 1 amide bonds. The lowest BCUT2D eigenvalue weighted by atomic mass is 10.2. The molecule has 1 aromatic rings. The van der Waals surface area contributed by atoms with Gasteiger partial charge in [-0.1, -0.05) is 6.92 Å². The average Bonchev–Trinajstić information content (AvgIpc) is 2.89. The molecule has 1 aromatic heterocycles. The van der Waals surface area contributed by atoms with Crippen LogP contribution < -0.4 is 5.32 Å². The lowest BCUT2D eigenvalue weighted by Crippen LogP contribution is -2.26. The van der Waals surface area contributed by atoms with Gasteiger partial charge in [-0.3, -0.25) is 4.79 Å². The Hall–Kier alpha value is -1.36. The number of likely N-dealkylation sites (tertiary alicyclic amines) is 1. The van der Waals surface area contributed by atoms with Crippen molar-refractivity contribution in [1.29, 1.82) is 0 Å². The number of hydrogen-bond donors (Lipinski definition) is 1. The second-order valence-electron chi connectivity index (χ2n) is 4.53. The van der Waals surface area contributed by atoms with Crippen molar-refractivity contribution in [1.82, 2.24) is 19.8 Å². The summed E-state index contributed by atoms with van der Waals surface area (Å²) in [5.41, 5.74) is 1.09. The number of aromatic nitrogens is 2. The Balaban J connectivity index is 2.06. The maximum Gasteiger partial charge on any atom is 0.245 e. The molecule has 1 N–H and O–H groups in total. The molecule has 94 valence electrons. The summed E-state index contributed by atoms with van der Waals surface area (Å²) in [5.74, 6) is 0.194. The molecule has 0 aliphatic carbocycles. The van der Waals surface area contributed by atoms with Crippen molar-refractivity contribution in [3.05, 3.63) is 18.2 Å². The number of likely N-dealkylation sites (N-methyl/N-ethyl adjacent to an activating group) is 1. The van der Waals surface area contributed by atoms with E-state index < -0.39 is 0 Å². The average molecular weight is 236 g/mol. The fourth-order valence-corrected chi connectivity index (χ4v) is 2.20. The number of rotatable bonds is 5. The van der Waals surface area contributed by atoms with Gasteiger partial charge >= 0.3 is 0 Å². The molecule has 17 heavy (non-hydrogen) atoms. The number of nitrogens with zero attached hydrogens (tertiary/aromatic N) is 3. The van der Waals surface area contributed by atoms with E-state index in [1.54, 1.807) is 11.2 Å². The minimum Gasteiger partial charge on any atom is -0.344 e. The summed E-state index contributed by atoms with van der Waals surface area (Å²) in [6.07, 6.45) is 5.60. The minimum atomic E-state index is -0.0547. The molecule has 0 bridgehead atoms. The Morgan fingerprint density at radius 1 is 1.59 bits per heavy atom. The van der Waals surface area contributed by atoms with E-state index in [0.717, 1.165) is 38.2 Å². The number of hydrogen-bond acceptors (Lipinski definition) is 3. The summed E-state index contributed by atoms with van der Waals surface area (Å²) < 4.78 is 2.01. The maximum absolute atomic E-state index is 11.9. The quantitative estimate of drug-likeness (QED) is 0.769. The highest BCUT2D eigenvalue weighted by Crippen LogP contribution is 2.23. The topological polar surface area (TPSA) is 50.2 Å². The predicted octanol–water partition coefficient (Wildman–Crippen LogP) is 0.786. The number of imidazole rings is 1. The van der Waals surface area contributed by atoms with Gasteiger partial charge in [-0.15, -0.1) is 0 Å². The van der Waals surface area contributed by atoms with Crippen LogP contribution in [0.5, 0.6) is 0 Å². The van der Waals surface area contributed by atoms with Crippen molar-refractivity contribution in [2.45, 2.75) is 32.4 Å². The second-order valence-corrected chi connectivity index (χ2v) is 4.53. The standard InChI is InChI=1S/C12H20N4O/c1-3-5-13-7-10-8-14-9-16(10)11-4-6-15(2)12(11)17/h8-9,11,13H,3-7H2,1-2H3. The van der Waals surface area contributed by atoms with Crippen LogP contribution in [0, 0.1) is 0 Å². The Labute approximate surface area is 102 Å². The zero-order valence-electron chi connectivity index (χ0n) is 10.5. The summed E-state index contributed by atoms with van der Waals surface area (Å²) in [4.78, 5) is 17.9. The highest BCUT2D eigenvalue weighted by molar-refractivity contribution is 5.82. The maximum atomic E-state index is 11.9. The van der Waals surface area contributed by atoms with E-state index in [9.17, 15) is 4.79 Å². The van der Waals surface area contributed by atoms with Crippen LogP contribution in [-0.2, 0) is 11.3 Å². The lowest BCUT2D eigenvalue weighted by Gasteiger charge is -2.15. The van der Waals surface area contributed by atoms with Crippen molar-refractivity contribution >= 4 is 5.91 Å². The zero-order valence-corrected chi connectivity index (χ0v) is 10.5. The van der Waals surface area contributed by atoms with Gasteiger partial charge in [0.25, 0.3) is 0 Å². The van der Waals surface area contributed by atoms with E-state index in [-0.39, 0.29) is 11.9 Å². The van der Waals surface area contributed by atoms with Crippen LogP contribution in [0.4, 0.5) is 0 Å². The third kappa shape index (κ3) is 2.49. The van der Waals surface area contributed by atoms with Crippen molar-refractivity contribution < 1.29 is 4.79 Å². The van der Waals surface area contributed by atoms with Crippen molar-refractivity contribution in [2.24, 2.45) is 0 Å². The van der Waals surface area contributed by atoms with Gasteiger partial charge < -0.3 is 14.8 Å². The van der Waals surface area contributed by atoms with Crippen LogP contribution in [0.3, 0.4) is 0 Å². The summed E-state index contributed by atoms with van der Waals surface area (Å²) in [6.45, 7) is 4.74. The highest BCUT2D eigenvalue weighted by atomic mass is 16.2. The van der Waals surface area contributed by atoms with E-state index in [4.69, 9.17) is 0 Å². The van der Waals surface area contributed by atoms with Gasteiger partial charge in [0, 0.05) is 26.3 Å². The van der Waals surface area contributed by atoms with Crippen molar-refractivity contribution in [3.8, 4) is 0 Å². The molecule has 1 fully saturated rings. The van der Waals surface area contributed by atoms with Crippen LogP contribution in [0.25, 0.3) is 0 Å². The van der Waals surface area contributed by atoms with E-state index in [1.807, 2.05) is 17.8 Å². The van der Waals surface area contributed by atoms with Gasteiger partial charge in [0.05, 0.1) is 12.0 Å². The van der Waals surface area contributed by atoms with Gasteiger partial charge in [0.15, 0.2) is 0 Å². The molecule has 2 heterocycles. The van der Waals surface area contributed by atoms with Crippen molar-refractivity contribution in [3.63, 3.8) is 0 Å².